The molecule has 0 atom stereocenters. The fourth-order valence-corrected chi connectivity index (χ4v) is 3.50. The number of carbonyl (C=O) groups excluding carboxylic acids is 2. The summed E-state index contributed by atoms with van der Waals surface area (Å²) in [5, 5.41) is 2.61. The van der Waals surface area contributed by atoms with Gasteiger partial charge in [-0.2, -0.15) is 0 Å². The zero-order chi connectivity index (χ0) is 14.3. The van der Waals surface area contributed by atoms with Gasteiger partial charge in [-0.1, -0.05) is 21.6 Å². The van der Waals surface area contributed by atoms with Crippen molar-refractivity contribution in [3.05, 3.63) is 0 Å². The average molecular weight is 306 g/mol. The normalized spacial score (nSPS) is 16.7. The van der Waals surface area contributed by atoms with E-state index in [0.717, 1.165) is 24.6 Å². The molecule has 1 aliphatic rings. The van der Waals surface area contributed by atoms with E-state index in [9.17, 15) is 9.59 Å². The SMILES string of the molecule is CC(C)(C)OC(=O)NCCC(=O)N1CCSSCC1. The van der Waals surface area contributed by atoms with Crippen molar-refractivity contribution >= 4 is 33.6 Å². The largest absolute Gasteiger partial charge is 0.444 e. The van der Waals surface area contributed by atoms with Gasteiger partial charge in [-0.25, -0.2) is 4.79 Å². The zero-order valence-electron chi connectivity index (χ0n) is 11.7. The van der Waals surface area contributed by atoms with Gasteiger partial charge >= 0.3 is 6.09 Å². The second-order valence-corrected chi connectivity index (χ2v) is 7.91. The summed E-state index contributed by atoms with van der Waals surface area (Å²) in [4.78, 5) is 25.2. The number of carbonyl (C=O) groups is 2. The van der Waals surface area contributed by atoms with Crippen LogP contribution in [0.3, 0.4) is 0 Å². The summed E-state index contributed by atoms with van der Waals surface area (Å²) in [6.45, 7) is 7.34. The van der Waals surface area contributed by atoms with Crippen LogP contribution in [-0.4, -0.2) is 53.6 Å². The van der Waals surface area contributed by atoms with Crippen LogP contribution in [0, 0.1) is 0 Å². The maximum Gasteiger partial charge on any atom is 0.407 e. The topological polar surface area (TPSA) is 58.6 Å². The molecule has 0 aromatic heterocycles. The van der Waals surface area contributed by atoms with Gasteiger partial charge < -0.3 is 15.0 Å². The van der Waals surface area contributed by atoms with Crippen molar-refractivity contribution in [3.8, 4) is 0 Å². The highest BCUT2D eigenvalue weighted by Gasteiger charge is 2.18. The molecule has 0 unspecified atom stereocenters. The Morgan fingerprint density at radius 3 is 2.32 bits per heavy atom. The molecule has 0 spiro atoms. The minimum atomic E-state index is -0.507. The summed E-state index contributed by atoms with van der Waals surface area (Å²) in [6.07, 6.45) is -0.142. The lowest BCUT2D eigenvalue weighted by molar-refractivity contribution is -0.130. The Bertz CT molecular complexity index is 311. The van der Waals surface area contributed by atoms with Gasteiger partial charge in [0.1, 0.15) is 5.60 Å². The molecule has 1 fully saturated rings. The zero-order valence-corrected chi connectivity index (χ0v) is 13.4. The first kappa shape index (κ1) is 16.5. The van der Waals surface area contributed by atoms with E-state index in [-0.39, 0.29) is 5.91 Å². The number of amides is 2. The Morgan fingerprint density at radius 2 is 1.79 bits per heavy atom. The number of hydrogen-bond donors (Lipinski definition) is 1. The van der Waals surface area contributed by atoms with Crippen molar-refractivity contribution in [3.63, 3.8) is 0 Å². The third-order valence-corrected chi connectivity index (χ3v) is 4.70. The van der Waals surface area contributed by atoms with Gasteiger partial charge in [0.05, 0.1) is 0 Å². The van der Waals surface area contributed by atoms with Gasteiger partial charge in [-0.3, -0.25) is 4.79 Å². The second-order valence-electron chi connectivity index (χ2n) is 5.20. The molecular formula is C12H22N2O3S2. The molecule has 7 heteroatoms. The average Bonchev–Trinajstić information content (AvgIpc) is 2.54. The van der Waals surface area contributed by atoms with Crippen molar-refractivity contribution < 1.29 is 14.3 Å². The highest BCUT2D eigenvalue weighted by Crippen LogP contribution is 2.23. The molecule has 0 saturated carbocycles. The van der Waals surface area contributed by atoms with E-state index in [4.69, 9.17) is 4.74 Å². The molecule has 110 valence electrons. The van der Waals surface area contributed by atoms with Gasteiger partial charge in [0.2, 0.25) is 5.91 Å². The molecule has 0 aromatic rings. The van der Waals surface area contributed by atoms with Gasteiger partial charge in [0.15, 0.2) is 0 Å². The van der Waals surface area contributed by atoms with Gasteiger partial charge in [-0.05, 0) is 20.8 Å². The van der Waals surface area contributed by atoms with E-state index >= 15 is 0 Å². The molecule has 1 aliphatic heterocycles. The van der Waals surface area contributed by atoms with Gasteiger partial charge in [-0.15, -0.1) is 0 Å². The number of rotatable bonds is 3. The van der Waals surface area contributed by atoms with Crippen molar-refractivity contribution in [1.29, 1.82) is 0 Å². The van der Waals surface area contributed by atoms with Gasteiger partial charge in [0.25, 0.3) is 0 Å². The second kappa shape index (κ2) is 7.89. The van der Waals surface area contributed by atoms with E-state index in [2.05, 4.69) is 5.32 Å². The lowest BCUT2D eigenvalue weighted by Gasteiger charge is -2.21. The molecule has 0 radical (unpaired) electrons. The van der Waals surface area contributed by atoms with Crippen molar-refractivity contribution in [2.75, 3.05) is 31.1 Å². The third kappa shape index (κ3) is 7.57. The van der Waals surface area contributed by atoms with E-state index < -0.39 is 11.7 Å². The fraction of sp³-hybridized carbons (Fsp3) is 0.833. The Labute approximate surface area is 122 Å². The molecule has 0 bridgehead atoms. The van der Waals surface area contributed by atoms with E-state index in [1.54, 1.807) is 21.6 Å². The number of hydrogen-bond acceptors (Lipinski definition) is 5. The number of nitrogens with one attached hydrogen (secondary N) is 1. The number of ether oxygens (including phenoxy) is 1. The standard InChI is InChI=1S/C12H22N2O3S2/c1-12(2,3)17-11(16)13-5-4-10(15)14-6-8-18-19-9-7-14/h4-9H2,1-3H3,(H,13,16). The summed E-state index contributed by atoms with van der Waals surface area (Å²) >= 11 is 0. The van der Waals surface area contributed by atoms with Crippen LogP contribution in [0.5, 0.6) is 0 Å². The number of nitrogens with zero attached hydrogens (tertiary/aromatic N) is 1. The van der Waals surface area contributed by atoms with Crippen LogP contribution < -0.4 is 5.32 Å². The van der Waals surface area contributed by atoms with E-state index in [1.807, 2.05) is 25.7 Å². The van der Waals surface area contributed by atoms with Crippen LogP contribution in [-0.2, 0) is 9.53 Å². The van der Waals surface area contributed by atoms with Crippen LogP contribution in [0.15, 0.2) is 0 Å². The summed E-state index contributed by atoms with van der Waals surface area (Å²) in [5.41, 5.74) is -0.507. The minimum Gasteiger partial charge on any atom is -0.444 e. The quantitative estimate of drug-likeness (QED) is 0.809. The molecule has 0 aromatic carbocycles. The third-order valence-electron chi connectivity index (χ3n) is 2.33. The Balaban J connectivity index is 2.21. The van der Waals surface area contributed by atoms with Crippen molar-refractivity contribution in [2.45, 2.75) is 32.8 Å². The highest BCUT2D eigenvalue weighted by molar-refractivity contribution is 8.76. The number of alkyl carbamates (subject to hydrolysis) is 1. The minimum absolute atomic E-state index is 0.0964. The van der Waals surface area contributed by atoms with Crippen molar-refractivity contribution in [2.24, 2.45) is 0 Å². The lowest BCUT2D eigenvalue weighted by Crippen LogP contribution is -2.38. The molecular weight excluding hydrogens is 284 g/mol. The van der Waals surface area contributed by atoms with Crippen molar-refractivity contribution in [1.82, 2.24) is 10.2 Å². The summed E-state index contributed by atoms with van der Waals surface area (Å²) in [7, 11) is 3.61. The first-order valence-corrected chi connectivity index (χ1v) is 8.86. The Hall–Kier alpha value is -0.560. The molecule has 19 heavy (non-hydrogen) atoms. The highest BCUT2D eigenvalue weighted by atomic mass is 33.1. The monoisotopic (exact) mass is 306 g/mol. The molecule has 1 heterocycles. The fourth-order valence-electron chi connectivity index (χ4n) is 1.52. The van der Waals surface area contributed by atoms with Crippen LogP contribution in [0.4, 0.5) is 4.79 Å². The van der Waals surface area contributed by atoms with Gasteiger partial charge in [0, 0.05) is 37.6 Å². The van der Waals surface area contributed by atoms with Crippen LogP contribution in [0.1, 0.15) is 27.2 Å². The predicted molar refractivity (Wildman–Crippen MR) is 80.3 cm³/mol. The Morgan fingerprint density at radius 1 is 1.21 bits per heavy atom. The molecule has 0 aliphatic carbocycles. The van der Waals surface area contributed by atoms with E-state index in [0.29, 0.717) is 13.0 Å². The first-order chi connectivity index (χ1) is 8.88. The summed E-state index contributed by atoms with van der Waals surface area (Å²) < 4.78 is 5.10. The molecule has 1 rings (SSSR count). The maximum absolute atomic E-state index is 11.9. The molecule has 5 nitrogen and oxygen atoms in total. The molecule has 1 N–H and O–H groups in total. The predicted octanol–water partition coefficient (Wildman–Crippen LogP) is 2.12. The lowest BCUT2D eigenvalue weighted by atomic mass is 10.2. The summed E-state index contributed by atoms with van der Waals surface area (Å²) in [6, 6.07) is 0. The van der Waals surface area contributed by atoms with E-state index in [1.165, 1.54) is 0 Å². The molecule has 1 saturated heterocycles. The molecule has 2 amide bonds. The van der Waals surface area contributed by atoms with Crippen LogP contribution in [0.25, 0.3) is 0 Å². The van der Waals surface area contributed by atoms with Crippen LogP contribution in [0.2, 0.25) is 0 Å². The smallest absolute Gasteiger partial charge is 0.407 e. The summed E-state index contributed by atoms with van der Waals surface area (Å²) in [5.74, 6) is 2.03. The van der Waals surface area contributed by atoms with Crippen LogP contribution >= 0.6 is 21.6 Å². The first-order valence-electron chi connectivity index (χ1n) is 6.37. The maximum atomic E-state index is 11.9. The Kier molecular flexibility index (Phi) is 6.85.